The van der Waals surface area contributed by atoms with Gasteiger partial charge in [-0.1, -0.05) is 42.1 Å². The van der Waals surface area contributed by atoms with Gasteiger partial charge in [0.05, 0.1) is 36.4 Å². The highest BCUT2D eigenvalue weighted by Crippen LogP contribution is 2.24. The van der Waals surface area contributed by atoms with Gasteiger partial charge in [-0.15, -0.1) is 10.2 Å². The molecule has 1 aliphatic rings. The molecule has 1 saturated heterocycles. The van der Waals surface area contributed by atoms with Crippen LogP contribution in [-0.4, -0.2) is 57.2 Å². The Morgan fingerprint density at radius 1 is 1.21 bits per heavy atom. The molecule has 1 aliphatic heterocycles. The molecule has 9 nitrogen and oxygen atoms in total. The minimum absolute atomic E-state index is 0.0936. The Hall–Kier alpha value is -3.37. The summed E-state index contributed by atoms with van der Waals surface area (Å²) in [6, 6.07) is 14.9. The van der Waals surface area contributed by atoms with E-state index >= 15 is 0 Å². The molecule has 34 heavy (non-hydrogen) atoms. The molecule has 2 aromatic carbocycles. The Morgan fingerprint density at radius 3 is 2.85 bits per heavy atom. The normalized spacial score (nSPS) is 15.7. The molecule has 3 heterocycles. The minimum atomic E-state index is -0.160. The fourth-order valence-electron chi connectivity index (χ4n) is 4.19. The van der Waals surface area contributed by atoms with Crippen LogP contribution >= 0.6 is 11.8 Å². The number of nitrogens with one attached hydrogen (secondary N) is 1. The van der Waals surface area contributed by atoms with E-state index in [0.717, 1.165) is 25.0 Å². The number of hydrogen-bond donors (Lipinski definition) is 1. The van der Waals surface area contributed by atoms with Crippen molar-refractivity contribution in [1.82, 2.24) is 24.5 Å². The highest BCUT2D eigenvalue weighted by molar-refractivity contribution is 7.99. The van der Waals surface area contributed by atoms with Gasteiger partial charge in [-0.05, 0) is 31.0 Å². The summed E-state index contributed by atoms with van der Waals surface area (Å²) in [6.45, 7) is 1.55. The number of carbonyl (C=O) groups is 1. The second kappa shape index (κ2) is 9.86. The Morgan fingerprint density at radius 2 is 2.03 bits per heavy atom. The standard InChI is InChI=1S/C24H25N5O4S/c1-32-20-11-5-2-7-16(20)14-28-22(31)18-9-3-4-10-19(18)29-23(28)26-27-24(29)34-15-21(30)25-13-17-8-6-12-33-17/h2-5,7,9-11,17H,6,8,12-15H2,1H3,(H,25,30). The number of benzene rings is 2. The van der Waals surface area contributed by atoms with Gasteiger partial charge in [0.2, 0.25) is 11.7 Å². The first-order valence-corrected chi connectivity index (χ1v) is 12.1. The zero-order valence-electron chi connectivity index (χ0n) is 18.8. The lowest BCUT2D eigenvalue weighted by Gasteiger charge is -2.13. The zero-order chi connectivity index (χ0) is 23.5. The topological polar surface area (TPSA) is 99.8 Å². The van der Waals surface area contributed by atoms with E-state index in [0.29, 0.717) is 34.1 Å². The number of hydrogen-bond acceptors (Lipinski definition) is 7. The third-order valence-corrected chi connectivity index (χ3v) is 6.81. The van der Waals surface area contributed by atoms with Crippen molar-refractivity contribution in [3.63, 3.8) is 0 Å². The van der Waals surface area contributed by atoms with Gasteiger partial charge < -0.3 is 14.8 Å². The number of para-hydroxylation sites is 2. The Balaban J connectivity index is 1.47. The first-order chi connectivity index (χ1) is 16.7. The van der Waals surface area contributed by atoms with Crippen LogP contribution in [0.15, 0.2) is 58.5 Å². The summed E-state index contributed by atoms with van der Waals surface area (Å²) in [7, 11) is 1.60. The predicted molar refractivity (Wildman–Crippen MR) is 130 cm³/mol. The lowest BCUT2D eigenvalue weighted by Crippen LogP contribution is -2.32. The van der Waals surface area contributed by atoms with E-state index < -0.39 is 0 Å². The van der Waals surface area contributed by atoms with Crippen LogP contribution in [0.2, 0.25) is 0 Å². The largest absolute Gasteiger partial charge is 0.496 e. The highest BCUT2D eigenvalue weighted by atomic mass is 32.2. The smallest absolute Gasteiger partial charge is 0.263 e. The molecule has 10 heteroatoms. The molecule has 0 aliphatic carbocycles. The molecular weight excluding hydrogens is 454 g/mol. The second-order valence-corrected chi connectivity index (χ2v) is 9.01. The first-order valence-electron chi connectivity index (χ1n) is 11.2. The van der Waals surface area contributed by atoms with Crippen LogP contribution in [-0.2, 0) is 16.1 Å². The van der Waals surface area contributed by atoms with Gasteiger partial charge in [0.25, 0.3) is 5.56 Å². The monoisotopic (exact) mass is 479 g/mol. The van der Waals surface area contributed by atoms with Crippen LogP contribution in [0.5, 0.6) is 5.75 Å². The molecule has 0 bridgehead atoms. The summed E-state index contributed by atoms with van der Waals surface area (Å²) in [5.74, 6) is 1.20. The van der Waals surface area contributed by atoms with Crippen LogP contribution in [0.1, 0.15) is 18.4 Å². The molecule has 1 N–H and O–H groups in total. The maximum Gasteiger partial charge on any atom is 0.263 e. The van der Waals surface area contributed by atoms with Gasteiger partial charge in [-0.2, -0.15) is 0 Å². The van der Waals surface area contributed by atoms with Crippen LogP contribution in [0.4, 0.5) is 0 Å². The third-order valence-electron chi connectivity index (χ3n) is 5.88. The van der Waals surface area contributed by atoms with Crippen molar-refractivity contribution in [2.75, 3.05) is 26.0 Å². The molecule has 176 valence electrons. The highest BCUT2D eigenvalue weighted by Gasteiger charge is 2.20. The van der Waals surface area contributed by atoms with E-state index in [1.54, 1.807) is 17.7 Å². The minimum Gasteiger partial charge on any atom is -0.496 e. The number of amides is 1. The summed E-state index contributed by atoms with van der Waals surface area (Å²) in [5.41, 5.74) is 1.40. The number of nitrogens with zero attached hydrogens (tertiary/aromatic N) is 4. The summed E-state index contributed by atoms with van der Waals surface area (Å²) in [5, 5.41) is 12.7. The second-order valence-electron chi connectivity index (χ2n) is 8.07. The van der Waals surface area contributed by atoms with Gasteiger partial charge in [0, 0.05) is 18.7 Å². The molecular formula is C24H25N5O4S. The Labute approximate surface area is 200 Å². The maximum absolute atomic E-state index is 13.4. The van der Waals surface area contributed by atoms with Crippen LogP contribution in [0.3, 0.4) is 0 Å². The van der Waals surface area contributed by atoms with Crippen molar-refractivity contribution in [3.05, 3.63) is 64.4 Å². The fraction of sp³-hybridized carbons (Fsp3) is 0.333. The molecule has 0 radical (unpaired) electrons. The van der Waals surface area contributed by atoms with Crippen molar-refractivity contribution < 1.29 is 14.3 Å². The van der Waals surface area contributed by atoms with E-state index in [1.165, 1.54) is 11.8 Å². The first kappa shape index (κ1) is 22.4. The number of aromatic nitrogens is 4. The van der Waals surface area contributed by atoms with E-state index in [2.05, 4.69) is 15.5 Å². The molecule has 1 amide bonds. The van der Waals surface area contributed by atoms with Crippen LogP contribution in [0, 0.1) is 0 Å². The number of carbonyl (C=O) groups excluding carboxylic acids is 1. The third kappa shape index (κ3) is 4.38. The summed E-state index contributed by atoms with van der Waals surface area (Å²) < 4.78 is 14.5. The number of ether oxygens (including phenoxy) is 2. The summed E-state index contributed by atoms with van der Waals surface area (Å²) >= 11 is 1.29. The molecule has 0 spiro atoms. The van der Waals surface area contributed by atoms with Crippen molar-refractivity contribution >= 4 is 34.3 Å². The van der Waals surface area contributed by atoms with E-state index in [-0.39, 0.29) is 29.9 Å². The number of methoxy groups -OCH3 is 1. The van der Waals surface area contributed by atoms with E-state index in [9.17, 15) is 9.59 Å². The summed E-state index contributed by atoms with van der Waals surface area (Å²) in [6.07, 6.45) is 2.10. The molecule has 2 aromatic heterocycles. The average Bonchev–Trinajstić information content (AvgIpc) is 3.54. The zero-order valence-corrected chi connectivity index (χ0v) is 19.6. The van der Waals surface area contributed by atoms with Crippen molar-refractivity contribution in [1.29, 1.82) is 0 Å². The molecule has 0 saturated carbocycles. The lowest BCUT2D eigenvalue weighted by atomic mass is 10.2. The van der Waals surface area contributed by atoms with Crippen molar-refractivity contribution in [3.8, 4) is 5.75 Å². The van der Waals surface area contributed by atoms with Crippen molar-refractivity contribution in [2.24, 2.45) is 0 Å². The summed E-state index contributed by atoms with van der Waals surface area (Å²) in [4.78, 5) is 25.8. The van der Waals surface area contributed by atoms with Crippen molar-refractivity contribution in [2.45, 2.75) is 30.6 Å². The number of rotatable bonds is 8. The van der Waals surface area contributed by atoms with Gasteiger partial charge in [-0.3, -0.25) is 18.6 Å². The van der Waals surface area contributed by atoms with Gasteiger partial charge in [0.1, 0.15) is 5.75 Å². The van der Waals surface area contributed by atoms with Gasteiger partial charge in [-0.25, -0.2) is 0 Å². The fourth-order valence-corrected chi connectivity index (χ4v) is 4.96. The molecule has 1 atom stereocenters. The quantitative estimate of drug-likeness (QED) is 0.388. The van der Waals surface area contributed by atoms with Crippen LogP contribution in [0.25, 0.3) is 16.7 Å². The molecule has 5 rings (SSSR count). The van der Waals surface area contributed by atoms with Gasteiger partial charge >= 0.3 is 0 Å². The lowest BCUT2D eigenvalue weighted by molar-refractivity contribution is -0.119. The van der Waals surface area contributed by atoms with Gasteiger partial charge in [0.15, 0.2) is 5.16 Å². The average molecular weight is 480 g/mol. The predicted octanol–water partition coefficient (Wildman–Crippen LogP) is 2.49. The Kier molecular flexibility index (Phi) is 6.50. The molecule has 4 aromatic rings. The maximum atomic E-state index is 13.4. The molecule has 1 fully saturated rings. The van der Waals surface area contributed by atoms with E-state index in [4.69, 9.17) is 9.47 Å². The van der Waals surface area contributed by atoms with Crippen LogP contribution < -0.4 is 15.6 Å². The molecule has 1 unspecified atom stereocenters. The number of thioether (sulfide) groups is 1. The Bertz CT molecular complexity index is 1390. The van der Waals surface area contributed by atoms with E-state index in [1.807, 2.05) is 46.9 Å². The number of fused-ring (bicyclic) bond motifs is 3. The SMILES string of the molecule is COc1ccccc1Cn1c(=O)c2ccccc2n2c(SCC(=O)NCC3CCCO3)nnc12.